The third kappa shape index (κ3) is 26.5. The van der Waals surface area contributed by atoms with Crippen molar-refractivity contribution in [1.29, 1.82) is 0 Å². The molecule has 0 heterocycles. The van der Waals surface area contributed by atoms with E-state index in [1.54, 1.807) is 0 Å². The third-order valence-electron chi connectivity index (χ3n) is 3.56. The molecule has 0 spiro atoms. The molecule has 3 atom stereocenters. The Bertz CT molecular complexity index is 338. The lowest BCUT2D eigenvalue weighted by molar-refractivity contribution is -0.139. The highest BCUT2D eigenvalue weighted by atomic mass is 16.4. The van der Waals surface area contributed by atoms with E-state index in [1.165, 1.54) is 0 Å². The number of carboxylic acid groups (broad SMARTS) is 3. The summed E-state index contributed by atoms with van der Waals surface area (Å²) in [7, 11) is 0. The first-order valence-electron chi connectivity index (χ1n) is 9.50. The van der Waals surface area contributed by atoms with E-state index in [0.717, 1.165) is 38.5 Å². The van der Waals surface area contributed by atoms with E-state index in [4.69, 9.17) is 32.5 Å². The second-order valence-electron chi connectivity index (χ2n) is 6.26. The molecule has 0 bridgehead atoms. The number of aliphatic carboxylic acids is 3. The van der Waals surface area contributed by atoms with E-state index in [2.05, 4.69) is 0 Å². The van der Waals surface area contributed by atoms with Crippen molar-refractivity contribution in [2.24, 2.45) is 17.2 Å². The van der Waals surface area contributed by atoms with Crippen LogP contribution in [0.5, 0.6) is 0 Å². The monoisotopic (exact) mass is 411 g/mol. The smallest absolute Gasteiger partial charge is 0.320 e. The minimum atomic E-state index is -0.900. The molecule has 0 rings (SSSR count). The summed E-state index contributed by atoms with van der Waals surface area (Å²) in [6.45, 7) is 6.03. The van der Waals surface area contributed by atoms with Crippen LogP contribution in [0.25, 0.3) is 0 Å². The Morgan fingerprint density at radius 2 is 0.786 bits per heavy atom. The molecule has 0 aliphatic heterocycles. The van der Waals surface area contributed by atoms with Gasteiger partial charge in [0.05, 0.1) is 0 Å². The van der Waals surface area contributed by atoms with Gasteiger partial charge in [0, 0.05) is 0 Å². The van der Waals surface area contributed by atoms with E-state index in [-0.39, 0.29) is 5.48 Å². The molecule has 0 aliphatic carbocycles. The van der Waals surface area contributed by atoms with Crippen molar-refractivity contribution in [3.05, 3.63) is 0 Å². The lowest BCUT2D eigenvalue weighted by Gasteiger charge is -2.02. The van der Waals surface area contributed by atoms with Crippen LogP contribution in [0.15, 0.2) is 0 Å². The Labute approximate surface area is 167 Å². The van der Waals surface area contributed by atoms with Crippen LogP contribution in [0.3, 0.4) is 0 Å². The van der Waals surface area contributed by atoms with Crippen molar-refractivity contribution in [1.82, 2.24) is 0 Å². The molecule has 0 amide bonds. The highest BCUT2D eigenvalue weighted by Gasteiger charge is 2.10. The van der Waals surface area contributed by atoms with Gasteiger partial charge in [-0.25, -0.2) is 0 Å². The van der Waals surface area contributed by atoms with Crippen LogP contribution < -0.4 is 17.2 Å². The van der Waals surface area contributed by atoms with Gasteiger partial charge in [-0.3, -0.25) is 14.4 Å². The Hall–Kier alpha value is -1.75. The van der Waals surface area contributed by atoms with Gasteiger partial charge in [-0.2, -0.15) is 0 Å². The molecule has 0 radical (unpaired) electrons. The number of rotatable bonds is 12. The molecule has 0 saturated carbocycles. The van der Waals surface area contributed by atoms with Crippen molar-refractivity contribution in [3.63, 3.8) is 0 Å². The second-order valence-corrected chi connectivity index (χ2v) is 6.26. The Morgan fingerprint density at radius 3 is 0.893 bits per heavy atom. The predicted octanol–water partition coefficient (Wildman–Crippen LogP) is 0.941. The molecule has 0 aromatic heterocycles. The summed E-state index contributed by atoms with van der Waals surface area (Å²) < 4.78 is 0. The molecule has 0 saturated heterocycles. The number of hydrogen-bond acceptors (Lipinski definition) is 6. The molecule has 0 fully saturated rings. The second kappa shape index (κ2) is 23.3. The van der Waals surface area contributed by atoms with Crippen LogP contribution in [0, 0.1) is 0 Å². The fraction of sp³-hybridized carbons (Fsp3) is 0.833. The summed E-state index contributed by atoms with van der Waals surface area (Å²) in [6, 6.07) is -1.99. The van der Waals surface area contributed by atoms with Gasteiger partial charge in [-0.1, -0.05) is 59.3 Å². The van der Waals surface area contributed by atoms with Crippen LogP contribution in [-0.4, -0.2) is 56.8 Å². The van der Waals surface area contributed by atoms with Crippen molar-refractivity contribution in [2.75, 3.05) is 0 Å². The van der Waals surface area contributed by atoms with E-state index in [9.17, 15) is 14.4 Å². The molecule has 11 N–H and O–H groups in total. The maximum atomic E-state index is 10.1. The first-order chi connectivity index (χ1) is 12.5. The summed E-state index contributed by atoms with van der Waals surface area (Å²) >= 11 is 0. The van der Waals surface area contributed by atoms with Gasteiger partial charge < -0.3 is 38.0 Å². The van der Waals surface area contributed by atoms with Gasteiger partial charge in [0.1, 0.15) is 18.1 Å². The first kappa shape index (κ1) is 33.8. The summed E-state index contributed by atoms with van der Waals surface area (Å²) in [6.07, 6.45) is 7.46. The average Bonchev–Trinajstić information content (AvgIpc) is 2.62. The molecule has 0 aliphatic rings. The van der Waals surface area contributed by atoms with Crippen molar-refractivity contribution in [3.8, 4) is 0 Å². The van der Waals surface area contributed by atoms with Crippen molar-refractivity contribution in [2.45, 2.75) is 96.7 Å². The molecule has 0 aromatic carbocycles. The molecular formula is C18H41N3O7. The maximum absolute atomic E-state index is 10.1. The molecule has 10 nitrogen and oxygen atoms in total. The number of unbranched alkanes of at least 4 members (excludes halogenated alkanes) is 3. The summed E-state index contributed by atoms with van der Waals surface area (Å²) in [4.78, 5) is 30.2. The number of carboxylic acids is 3. The van der Waals surface area contributed by atoms with Gasteiger partial charge in [0.25, 0.3) is 0 Å². The fourth-order valence-corrected chi connectivity index (χ4v) is 1.64. The Balaban J connectivity index is -0.000000152. The quantitative estimate of drug-likeness (QED) is 0.268. The van der Waals surface area contributed by atoms with Gasteiger partial charge in [-0.15, -0.1) is 0 Å². The van der Waals surface area contributed by atoms with Crippen LogP contribution >= 0.6 is 0 Å². The van der Waals surface area contributed by atoms with Crippen LogP contribution in [0.1, 0.15) is 78.6 Å². The topological polar surface area (TPSA) is 221 Å². The molecule has 28 heavy (non-hydrogen) atoms. The zero-order valence-corrected chi connectivity index (χ0v) is 17.4. The minimum absolute atomic E-state index is 0. The summed E-state index contributed by atoms with van der Waals surface area (Å²) in [5.41, 5.74) is 15.6. The van der Waals surface area contributed by atoms with Crippen LogP contribution in [0.2, 0.25) is 0 Å². The Morgan fingerprint density at radius 1 is 0.607 bits per heavy atom. The average molecular weight is 412 g/mol. The van der Waals surface area contributed by atoms with Crippen LogP contribution in [-0.2, 0) is 14.4 Å². The van der Waals surface area contributed by atoms with Gasteiger partial charge in [-0.05, 0) is 19.3 Å². The zero-order chi connectivity index (χ0) is 21.8. The number of carbonyl (C=O) groups is 3. The number of nitrogens with two attached hydrogens (primary N) is 3. The standard InChI is InChI=1S/3C6H13NO2.H2O/c3*1-2-3-4-5(7)6(8)9;/h3*5H,2-4,7H2,1H3,(H,8,9);1H2. The maximum Gasteiger partial charge on any atom is 0.320 e. The minimum Gasteiger partial charge on any atom is -0.480 e. The van der Waals surface area contributed by atoms with E-state index in [0.29, 0.717) is 19.3 Å². The molecule has 0 aromatic rings. The van der Waals surface area contributed by atoms with Crippen molar-refractivity contribution >= 4 is 17.9 Å². The summed E-state index contributed by atoms with van der Waals surface area (Å²) in [5, 5.41) is 24.9. The lowest BCUT2D eigenvalue weighted by atomic mass is 10.1. The zero-order valence-electron chi connectivity index (χ0n) is 17.4. The van der Waals surface area contributed by atoms with Gasteiger partial charge in [0.15, 0.2) is 0 Å². The van der Waals surface area contributed by atoms with E-state index in [1.807, 2.05) is 20.8 Å². The number of hydrogen-bond donors (Lipinski definition) is 6. The highest BCUT2D eigenvalue weighted by molar-refractivity contribution is 5.73. The fourth-order valence-electron chi connectivity index (χ4n) is 1.64. The molecule has 3 unspecified atom stereocenters. The predicted molar refractivity (Wildman–Crippen MR) is 109 cm³/mol. The SMILES string of the molecule is CCCCC(N)C(=O)O.CCCCC(N)C(=O)O.CCCCC(N)C(=O)O.O. The van der Waals surface area contributed by atoms with Crippen molar-refractivity contribution < 1.29 is 35.2 Å². The molecule has 170 valence electrons. The molecule has 10 heteroatoms. The third-order valence-corrected chi connectivity index (χ3v) is 3.56. The van der Waals surface area contributed by atoms with Gasteiger partial charge in [0.2, 0.25) is 0 Å². The molecular weight excluding hydrogens is 370 g/mol. The first-order valence-corrected chi connectivity index (χ1v) is 9.50. The van der Waals surface area contributed by atoms with Gasteiger partial charge >= 0.3 is 17.9 Å². The van der Waals surface area contributed by atoms with Crippen LogP contribution in [0.4, 0.5) is 0 Å². The normalized spacial score (nSPS) is 12.6. The largest absolute Gasteiger partial charge is 0.480 e. The Kier molecular flexibility index (Phi) is 28.1. The highest BCUT2D eigenvalue weighted by Crippen LogP contribution is 1.98. The van der Waals surface area contributed by atoms with E-state index < -0.39 is 36.0 Å². The van der Waals surface area contributed by atoms with E-state index >= 15 is 0 Å². The summed E-state index contributed by atoms with van der Waals surface area (Å²) in [5.74, 6) is -2.70. The lowest BCUT2D eigenvalue weighted by Crippen LogP contribution is -2.29.